The highest BCUT2D eigenvalue weighted by Crippen LogP contribution is 2.45. The van der Waals surface area contributed by atoms with Gasteiger partial charge in [0.25, 0.3) is 0 Å². The van der Waals surface area contributed by atoms with Gasteiger partial charge in [0, 0.05) is 35.4 Å². The molecule has 1 saturated carbocycles. The van der Waals surface area contributed by atoms with E-state index in [2.05, 4.69) is 22.4 Å². The quantitative estimate of drug-likeness (QED) is 0.697. The Balaban J connectivity index is 0.00000240. The number of nitrogens with zero attached hydrogens (tertiary/aromatic N) is 2. The van der Waals surface area contributed by atoms with E-state index in [9.17, 15) is 4.79 Å². The highest BCUT2D eigenvalue weighted by atomic mass is 35.5. The molecule has 2 fully saturated rings. The van der Waals surface area contributed by atoms with Crippen molar-refractivity contribution >= 4 is 29.9 Å². The molecule has 1 saturated heterocycles. The van der Waals surface area contributed by atoms with Gasteiger partial charge in [0.15, 0.2) is 0 Å². The number of nitrogens with one attached hydrogen (secondary N) is 1. The Morgan fingerprint density at radius 1 is 1.10 bits per heavy atom. The first kappa shape index (κ1) is 21.6. The van der Waals surface area contributed by atoms with Crippen LogP contribution in [-0.4, -0.2) is 17.4 Å². The van der Waals surface area contributed by atoms with Crippen molar-refractivity contribution in [2.75, 3.05) is 6.54 Å². The molecule has 1 N–H and O–H groups in total. The number of aromatic nitrogens is 1. The molecule has 2 atom stereocenters. The van der Waals surface area contributed by atoms with Gasteiger partial charge in [0.1, 0.15) is 6.07 Å². The van der Waals surface area contributed by atoms with E-state index in [4.69, 9.17) is 16.9 Å². The van der Waals surface area contributed by atoms with Crippen LogP contribution in [0.25, 0.3) is 11.1 Å². The molecule has 6 heteroatoms. The van der Waals surface area contributed by atoms with Gasteiger partial charge in [-0.1, -0.05) is 43.0 Å². The Hall–Kier alpha value is -2.09. The zero-order chi connectivity index (χ0) is 19.5. The fourth-order valence-electron chi connectivity index (χ4n) is 4.88. The number of halogens is 2. The number of amides is 1. The lowest BCUT2D eigenvalue weighted by molar-refractivity contribution is -0.123. The zero-order valence-corrected chi connectivity index (χ0v) is 17.8. The number of nitriles is 1. The number of rotatable bonds is 4. The van der Waals surface area contributed by atoms with E-state index < -0.39 is 0 Å². The van der Waals surface area contributed by atoms with Crippen LogP contribution in [0.2, 0.25) is 5.02 Å². The van der Waals surface area contributed by atoms with Gasteiger partial charge in [-0.15, -0.1) is 12.4 Å². The van der Waals surface area contributed by atoms with Crippen LogP contribution in [0, 0.1) is 23.2 Å². The molecular formula is C23H25Cl2N3O. The molecule has 1 aromatic carbocycles. The van der Waals surface area contributed by atoms with Crippen molar-refractivity contribution in [2.45, 2.75) is 44.4 Å². The molecular weight excluding hydrogens is 405 g/mol. The van der Waals surface area contributed by atoms with Gasteiger partial charge in [-0.3, -0.25) is 9.78 Å². The van der Waals surface area contributed by atoms with Gasteiger partial charge < -0.3 is 5.32 Å². The summed E-state index contributed by atoms with van der Waals surface area (Å²) < 4.78 is 0. The highest BCUT2D eigenvalue weighted by Gasteiger charge is 2.39. The summed E-state index contributed by atoms with van der Waals surface area (Å²) in [7, 11) is 0. The second-order valence-electron chi connectivity index (χ2n) is 7.92. The summed E-state index contributed by atoms with van der Waals surface area (Å²) in [6.07, 6.45) is 10.3. The van der Waals surface area contributed by atoms with Crippen LogP contribution in [0.1, 0.15) is 55.6 Å². The van der Waals surface area contributed by atoms with Crippen molar-refractivity contribution < 1.29 is 4.79 Å². The van der Waals surface area contributed by atoms with Crippen LogP contribution in [-0.2, 0) is 4.79 Å². The number of benzene rings is 1. The van der Waals surface area contributed by atoms with Crippen LogP contribution >= 0.6 is 24.0 Å². The number of carbonyl (C=O) groups excluding carboxylic acids is 1. The first-order valence-corrected chi connectivity index (χ1v) is 10.5. The van der Waals surface area contributed by atoms with E-state index in [0.29, 0.717) is 16.5 Å². The third-order valence-electron chi connectivity index (χ3n) is 6.24. The molecule has 0 bridgehead atoms. The Bertz CT molecular complexity index is 919. The Morgan fingerprint density at radius 2 is 1.90 bits per heavy atom. The van der Waals surface area contributed by atoms with Gasteiger partial charge in [-0.2, -0.15) is 5.26 Å². The molecule has 2 heterocycles. The summed E-state index contributed by atoms with van der Waals surface area (Å²) in [5, 5.41) is 12.8. The van der Waals surface area contributed by atoms with Gasteiger partial charge in [-0.05, 0) is 54.4 Å². The Kier molecular flexibility index (Phi) is 7.16. The van der Waals surface area contributed by atoms with Crippen molar-refractivity contribution in [1.82, 2.24) is 10.3 Å². The smallest absolute Gasteiger partial charge is 0.223 e. The van der Waals surface area contributed by atoms with Crippen LogP contribution in [0.5, 0.6) is 0 Å². The minimum absolute atomic E-state index is 0. The second kappa shape index (κ2) is 9.61. The fourth-order valence-corrected chi connectivity index (χ4v) is 5.19. The number of hydrogen-bond donors (Lipinski definition) is 1. The number of pyridine rings is 1. The SMILES string of the molecule is Cl.N#Cc1cncc(-c2ccc(C(C3CCCCC3)C3CCNC3=O)c(Cl)c2)c1. The van der Waals surface area contributed by atoms with E-state index in [1.165, 1.54) is 32.1 Å². The number of hydrogen-bond acceptors (Lipinski definition) is 3. The molecule has 4 rings (SSSR count). The van der Waals surface area contributed by atoms with Crippen LogP contribution in [0.3, 0.4) is 0 Å². The lowest BCUT2D eigenvalue weighted by atomic mass is 9.70. The molecule has 0 radical (unpaired) electrons. The summed E-state index contributed by atoms with van der Waals surface area (Å²) in [4.78, 5) is 16.7. The fraction of sp³-hybridized carbons (Fsp3) is 0.435. The van der Waals surface area contributed by atoms with Crippen LogP contribution in [0.15, 0.2) is 36.7 Å². The lowest BCUT2D eigenvalue weighted by Crippen LogP contribution is -2.29. The molecule has 1 aromatic heterocycles. The third kappa shape index (κ3) is 4.57. The molecule has 0 spiro atoms. The monoisotopic (exact) mass is 429 g/mol. The number of carbonyl (C=O) groups is 1. The van der Waals surface area contributed by atoms with Gasteiger partial charge in [-0.25, -0.2) is 0 Å². The van der Waals surface area contributed by atoms with Crippen molar-refractivity contribution in [3.8, 4) is 17.2 Å². The summed E-state index contributed by atoms with van der Waals surface area (Å²) in [6, 6.07) is 10.0. The van der Waals surface area contributed by atoms with Crippen molar-refractivity contribution in [3.05, 3.63) is 52.8 Å². The molecule has 2 aromatic rings. The maximum absolute atomic E-state index is 12.5. The molecule has 2 aliphatic rings. The maximum Gasteiger partial charge on any atom is 0.223 e. The highest BCUT2D eigenvalue weighted by molar-refractivity contribution is 6.31. The largest absolute Gasteiger partial charge is 0.356 e. The molecule has 2 unspecified atom stereocenters. The minimum atomic E-state index is 0. The average Bonchev–Trinajstić information content (AvgIpc) is 3.16. The molecule has 1 aliphatic heterocycles. The predicted molar refractivity (Wildman–Crippen MR) is 117 cm³/mol. The molecule has 29 heavy (non-hydrogen) atoms. The van der Waals surface area contributed by atoms with Gasteiger partial charge in [0.05, 0.1) is 5.56 Å². The summed E-state index contributed by atoms with van der Waals surface area (Å²) >= 11 is 6.78. The lowest BCUT2D eigenvalue weighted by Gasteiger charge is -2.34. The Morgan fingerprint density at radius 3 is 2.55 bits per heavy atom. The van der Waals surface area contributed by atoms with E-state index in [1.54, 1.807) is 12.4 Å². The molecule has 152 valence electrons. The van der Waals surface area contributed by atoms with E-state index in [0.717, 1.165) is 29.7 Å². The summed E-state index contributed by atoms with van der Waals surface area (Å²) in [6.45, 7) is 0.759. The minimum Gasteiger partial charge on any atom is -0.356 e. The topological polar surface area (TPSA) is 65.8 Å². The molecule has 4 nitrogen and oxygen atoms in total. The van der Waals surface area contributed by atoms with Gasteiger partial charge in [0.2, 0.25) is 5.91 Å². The summed E-state index contributed by atoms with van der Waals surface area (Å²) in [5.41, 5.74) is 3.43. The van der Waals surface area contributed by atoms with E-state index in [-0.39, 0.29) is 30.2 Å². The van der Waals surface area contributed by atoms with E-state index in [1.807, 2.05) is 18.2 Å². The van der Waals surface area contributed by atoms with Crippen molar-refractivity contribution in [1.29, 1.82) is 5.26 Å². The third-order valence-corrected chi connectivity index (χ3v) is 6.57. The molecule has 1 aliphatic carbocycles. The zero-order valence-electron chi connectivity index (χ0n) is 16.2. The normalized spacial score (nSPS) is 20.4. The second-order valence-corrected chi connectivity index (χ2v) is 8.33. The predicted octanol–water partition coefficient (Wildman–Crippen LogP) is 5.50. The van der Waals surface area contributed by atoms with Crippen molar-refractivity contribution in [3.63, 3.8) is 0 Å². The first-order valence-electron chi connectivity index (χ1n) is 10.1. The average molecular weight is 430 g/mol. The first-order chi connectivity index (χ1) is 13.7. The van der Waals surface area contributed by atoms with Crippen molar-refractivity contribution in [2.24, 2.45) is 11.8 Å². The van der Waals surface area contributed by atoms with Gasteiger partial charge >= 0.3 is 0 Å². The van der Waals surface area contributed by atoms with E-state index >= 15 is 0 Å². The Labute approximate surface area is 183 Å². The van der Waals surface area contributed by atoms with Crippen LogP contribution in [0.4, 0.5) is 0 Å². The maximum atomic E-state index is 12.5. The summed E-state index contributed by atoms with van der Waals surface area (Å²) in [5.74, 6) is 0.860. The molecule has 1 amide bonds. The standard InChI is InChI=1S/C23H24ClN3O.ClH/c24-21-11-17(18-10-15(12-25)13-26-14-18)6-7-19(21)22(16-4-2-1-3-5-16)20-8-9-27-23(20)28;/h6-7,10-11,13-14,16,20,22H,1-5,8-9H2,(H,27,28);1H. The van der Waals surface area contributed by atoms with Crippen LogP contribution < -0.4 is 5.32 Å².